The summed E-state index contributed by atoms with van der Waals surface area (Å²) in [6.45, 7) is 13.9. The summed E-state index contributed by atoms with van der Waals surface area (Å²) in [6, 6.07) is 8.81. The third-order valence-corrected chi connectivity index (χ3v) is 3.51. The zero-order chi connectivity index (χ0) is 15.9. The van der Waals surface area contributed by atoms with Gasteiger partial charge in [-0.05, 0) is 56.6 Å². The number of hydrogen-bond acceptors (Lipinski definition) is 1. The molecule has 1 aromatic carbocycles. The molecule has 0 saturated carbocycles. The van der Waals surface area contributed by atoms with Gasteiger partial charge in [0.05, 0.1) is 5.60 Å². The van der Waals surface area contributed by atoms with Crippen LogP contribution in [0, 0.1) is 5.92 Å². The van der Waals surface area contributed by atoms with E-state index < -0.39 is 0 Å². The Kier molecular flexibility index (Phi) is 7.17. The number of hydrogen-bond donors (Lipinski definition) is 0. The highest BCUT2D eigenvalue weighted by molar-refractivity contribution is 5.50. The Labute approximate surface area is 131 Å². The summed E-state index contributed by atoms with van der Waals surface area (Å²) in [5.41, 5.74) is 2.69. The first kappa shape index (κ1) is 18.0. The first-order valence-corrected chi connectivity index (χ1v) is 8.18. The predicted molar refractivity (Wildman–Crippen MR) is 93.7 cm³/mol. The van der Waals surface area contributed by atoms with Crippen molar-refractivity contribution in [1.82, 2.24) is 0 Å². The molecular weight excluding hydrogens is 256 g/mol. The second-order valence-electron chi connectivity index (χ2n) is 7.33. The number of benzene rings is 1. The van der Waals surface area contributed by atoms with Crippen LogP contribution in [0.4, 0.5) is 0 Å². The molecule has 0 fully saturated rings. The van der Waals surface area contributed by atoms with Gasteiger partial charge in [-0.3, -0.25) is 0 Å². The fourth-order valence-electron chi connectivity index (χ4n) is 2.10. The Balaban J connectivity index is 2.36. The lowest BCUT2D eigenvalue weighted by atomic mass is 10.0. The fraction of sp³-hybridized carbons (Fsp3) is 0.600. The van der Waals surface area contributed by atoms with Gasteiger partial charge in [0.15, 0.2) is 0 Å². The average molecular weight is 288 g/mol. The quantitative estimate of drug-likeness (QED) is 0.593. The monoisotopic (exact) mass is 288 g/mol. The van der Waals surface area contributed by atoms with E-state index >= 15 is 0 Å². The Morgan fingerprint density at radius 2 is 1.86 bits per heavy atom. The van der Waals surface area contributed by atoms with Gasteiger partial charge in [-0.1, -0.05) is 57.2 Å². The molecule has 1 rings (SSSR count). The Hall–Kier alpha value is -1.08. The summed E-state index contributed by atoms with van der Waals surface area (Å²) in [4.78, 5) is 0. The van der Waals surface area contributed by atoms with E-state index in [4.69, 9.17) is 4.74 Å². The summed E-state index contributed by atoms with van der Waals surface area (Å²) >= 11 is 0. The van der Waals surface area contributed by atoms with E-state index in [-0.39, 0.29) is 5.60 Å². The van der Waals surface area contributed by atoms with Gasteiger partial charge in [0.25, 0.3) is 0 Å². The first-order chi connectivity index (χ1) is 9.78. The lowest BCUT2D eigenvalue weighted by molar-refractivity contribution is -0.0204. The van der Waals surface area contributed by atoms with Gasteiger partial charge < -0.3 is 4.74 Å². The molecule has 1 aromatic rings. The van der Waals surface area contributed by atoms with Crippen LogP contribution >= 0.6 is 0 Å². The van der Waals surface area contributed by atoms with E-state index in [9.17, 15) is 0 Å². The van der Waals surface area contributed by atoms with E-state index in [1.165, 1.54) is 17.5 Å². The second kappa shape index (κ2) is 8.38. The Morgan fingerprint density at radius 3 is 2.48 bits per heavy atom. The van der Waals surface area contributed by atoms with E-state index in [0.717, 1.165) is 13.0 Å². The van der Waals surface area contributed by atoms with Crippen LogP contribution in [0.5, 0.6) is 0 Å². The molecule has 1 atom stereocenters. The zero-order valence-electron chi connectivity index (χ0n) is 14.6. The highest BCUT2D eigenvalue weighted by atomic mass is 16.5. The Bertz CT molecular complexity index is 437. The highest BCUT2D eigenvalue weighted by Crippen LogP contribution is 2.17. The van der Waals surface area contributed by atoms with Crippen molar-refractivity contribution < 1.29 is 4.74 Å². The van der Waals surface area contributed by atoms with Crippen LogP contribution in [0.2, 0.25) is 0 Å². The van der Waals surface area contributed by atoms with Crippen molar-refractivity contribution in [2.24, 2.45) is 5.92 Å². The SMILES string of the molecule is CC(C)c1cccc(/C=C/CC[C@@H](C)COC(C)(C)C)c1. The van der Waals surface area contributed by atoms with Crippen molar-refractivity contribution in [2.45, 2.75) is 65.9 Å². The van der Waals surface area contributed by atoms with Gasteiger partial charge in [-0.15, -0.1) is 0 Å². The van der Waals surface area contributed by atoms with Crippen molar-refractivity contribution in [3.05, 3.63) is 41.5 Å². The van der Waals surface area contributed by atoms with Gasteiger partial charge in [-0.25, -0.2) is 0 Å². The maximum Gasteiger partial charge on any atom is 0.0598 e. The first-order valence-electron chi connectivity index (χ1n) is 8.18. The van der Waals surface area contributed by atoms with Gasteiger partial charge in [0.1, 0.15) is 0 Å². The van der Waals surface area contributed by atoms with Crippen molar-refractivity contribution >= 4 is 6.08 Å². The number of ether oxygens (including phenoxy) is 1. The Morgan fingerprint density at radius 1 is 1.14 bits per heavy atom. The number of allylic oxidation sites excluding steroid dienone is 1. The minimum absolute atomic E-state index is 0.0264. The topological polar surface area (TPSA) is 9.23 Å². The van der Waals surface area contributed by atoms with Gasteiger partial charge >= 0.3 is 0 Å². The summed E-state index contributed by atoms with van der Waals surface area (Å²) in [6.07, 6.45) is 6.81. The van der Waals surface area contributed by atoms with Crippen LogP contribution in [0.3, 0.4) is 0 Å². The molecular formula is C20H32O. The minimum atomic E-state index is -0.0264. The van der Waals surface area contributed by atoms with Crippen LogP contribution < -0.4 is 0 Å². The van der Waals surface area contributed by atoms with E-state index in [1.54, 1.807) is 0 Å². The second-order valence-corrected chi connectivity index (χ2v) is 7.33. The molecule has 0 bridgehead atoms. The molecule has 0 spiro atoms. The van der Waals surface area contributed by atoms with Gasteiger partial charge in [0.2, 0.25) is 0 Å². The lowest BCUT2D eigenvalue weighted by Crippen LogP contribution is -2.22. The summed E-state index contributed by atoms with van der Waals surface area (Å²) in [5, 5.41) is 0. The summed E-state index contributed by atoms with van der Waals surface area (Å²) in [5.74, 6) is 1.20. The molecule has 0 amide bonds. The fourth-order valence-corrected chi connectivity index (χ4v) is 2.10. The van der Waals surface area contributed by atoms with E-state index in [1.807, 2.05) is 0 Å². The zero-order valence-corrected chi connectivity index (χ0v) is 14.6. The highest BCUT2D eigenvalue weighted by Gasteiger charge is 2.11. The largest absolute Gasteiger partial charge is 0.376 e. The molecule has 0 aliphatic rings. The molecule has 0 N–H and O–H groups in total. The average Bonchev–Trinajstić information content (AvgIpc) is 2.41. The lowest BCUT2D eigenvalue weighted by Gasteiger charge is -2.22. The molecule has 0 radical (unpaired) electrons. The molecule has 0 aliphatic carbocycles. The van der Waals surface area contributed by atoms with Crippen molar-refractivity contribution in [1.29, 1.82) is 0 Å². The smallest absolute Gasteiger partial charge is 0.0598 e. The maximum atomic E-state index is 5.82. The minimum Gasteiger partial charge on any atom is -0.376 e. The molecule has 1 nitrogen and oxygen atoms in total. The summed E-state index contributed by atoms with van der Waals surface area (Å²) in [7, 11) is 0. The maximum absolute atomic E-state index is 5.82. The molecule has 0 saturated heterocycles. The van der Waals surface area contributed by atoms with E-state index in [0.29, 0.717) is 11.8 Å². The number of rotatable bonds is 7. The molecule has 0 aromatic heterocycles. The van der Waals surface area contributed by atoms with E-state index in [2.05, 4.69) is 78.0 Å². The standard InChI is InChI=1S/C20H32O/c1-16(2)19-13-9-12-18(14-19)11-8-7-10-17(3)15-21-20(4,5)6/h8-9,11-14,16-17H,7,10,15H2,1-6H3/b11-8+/t17-/m1/s1. The van der Waals surface area contributed by atoms with Crippen molar-refractivity contribution in [3.8, 4) is 0 Å². The van der Waals surface area contributed by atoms with Crippen molar-refractivity contribution in [3.63, 3.8) is 0 Å². The van der Waals surface area contributed by atoms with Gasteiger partial charge in [0, 0.05) is 6.61 Å². The molecule has 0 unspecified atom stereocenters. The molecule has 118 valence electrons. The normalized spacial score (nSPS) is 14.0. The van der Waals surface area contributed by atoms with Crippen LogP contribution in [0.15, 0.2) is 30.3 Å². The van der Waals surface area contributed by atoms with Crippen molar-refractivity contribution in [2.75, 3.05) is 6.61 Å². The predicted octanol–water partition coefficient (Wildman–Crippen LogP) is 6.05. The summed E-state index contributed by atoms with van der Waals surface area (Å²) < 4.78 is 5.82. The molecule has 0 aliphatic heterocycles. The van der Waals surface area contributed by atoms with Crippen LogP contribution in [-0.4, -0.2) is 12.2 Å². The third-order valence-electron chi connectivity index (χ3n) is 3.51. The van der Waals surface area contributed by atoms with Crippen LogP contribution in [-0.2, 0) is 4.74 Å². The van der Waals surface area contributed by atoms with Crippen LogP contribution in [0.1, 0.15) is 71.4 Å². The molecule has 1 heteroatoms. The van der Waals surface area contributed by atoms with Gasteiger partial charge in [-0.2, -0.15) is 0 Å². The molecule has 21 heavy (non-hydrogen) atoms. The third kappa shape index (κ3) is 8.06. The molecule has 0 heterocycles. The van der Waals surface area contributed by atoms with Crippen LogP contribution in [0.25, 0.3) is 6.08 Å².